The standard InChI is InChI=1S/C21H16BrClN2O2S/c22-15-5-9-17(10-6-15)24-21(28)25-20(26)19-4-2-1-3-14(19)13-27-18-11-7-16(23)8-12-18/h1-12H,13H2,(H2,24,25,26,28). The topological polar surface area (TPSA) is 50.4 Å². The second-order valence-electron chi connectivity index (χ2n) is 5.81. The molecule has 0 saturated carbocycles. The molecule has 4 nitrogen and oxygen atoms in total. The summed E-state index contributed by atoms with van der Waals surface area (Å²) < 4.78 is 6.72. The highest BCUT2D eigenvalue weighted by atomic mass is 79.9. The van der Waals surface area contributed by atoms with E-state index in [0.717, 1.165) is 15.7 Å². The number of halogens is 2. The van der Waals surface area contributed by atoms with Crippen molar-refractivity contribution in [1.29, 1.82) is 0 Å². The number of anilines is 1. The fourth-order valence-electron chi connectivity index (χ4n) is 2.43. The monoisotopic (exact) mass is 474 g/mol. The van der Waals surface area contributed by atoms with Crippen LogP contribution in [0.1, 0.15) is 15.9 Å². The average molecular weight is 476 g/mol. The second-order valence-corrected chi connectivity index (χ2v) is 7.58. The van der Waals surface area contributed by atoms with E-state index in [4.69, 9.17) is 28.6 Å². The van der Waals surface area contributed by atoms with E-state index in [9.17, 15) is 4.79 Å². The molecule has 0 unspecified atom stereocenters. The molecule has 0 aromatic heterocycles. The molecule has 3 aromatic rings. The molecule has 0 aliphatic carbocycles. The predicted molar refractivity (Wildman–Crippen MR) is 120 cm³/mol. The molecule has 28 heavy (non-hydrogen) atoms. The molecule has 0 heterocycles. The first kappa shape index (κ1) is 20.3. The van der Waals surface area contributed by atoms with Crippen molar-refractivity contribution < 1.29 is 9.53 Å². The fourth-order valence-corrected chi connectivity index (χ4v) is 3.03. The number of hydrogen-bond donors (Lipinski definition) is 2. The summed E-state index contributed by atoms with van der Waals surface area (Å²) in [5.74, 6) is 0.372. The van der Waals surface area contributed by atoms with Gasteiger partial charge in [-0.1, -0.05) is 45.7 Å². The van der Waals surface area contributed by atoms with Crippen LogP contribution in [0.15, 0.2) is 77.3 Å². The lowest BCUT2D eigenvalue weighted by Gasteiger charge is -2.13. The van der Waals surface area contributed by atoms with Crippen molar-refractivity contribution in [2.24, 2.45) is 0 Å². The van der Waals surface area contributed by atoms with Gasteiger partial charge in [0, 0.05) is 26.3 Å². The van der Waals surface area contributed by atoms with Crippen LogP contribution in [-0.2, 0) is 6.61 Å². The van der Waals surface area contributed by atoms with Crippen LogP contribution in [-0.4, -0.2) is 11.0 Å². The molecule has 0 aliphatic rings. The minimum Gasteiger partial charge on any atom is -0.489 e. The van der Waals surface area contributed by atoms with Gasteiger partial charge in [-0.05, 0) is 66.8 Å². The Labute approximate surface area is 182 Å². The van der Waals surface area contributed by atoms with E-state index < -0.39 is 0 Å². The maximum atomic E-state index is 12.7. The summed E-state index contributed by atoms with van der Waals surface area (Å²) in [6, 6.07) is 21.8. The van der Waals surface area contributed by atoms with Crippen LogP contribution in [0.25, 0.3) is 0 Å². The molecule has 0 fully saturated rings. The van der Waals surface area contributed by atoms with Crippen LogP contribution < -0.4 is 15.4 Å². The second kappa shape index (κ2) is 9.68. The number of benzene rings is 3. The number of nitrogens with one attached hydrogen (secondary N) is 2. The Morgan fingerprint density at radius 3 is 2.39 bits per heavy atom. The molecule has 1 amide bonds. The molecule has 142 valence electrons. The molecular weight excluding hydrogens is 460 g/mol. The molecule has 3 aromatic carbocycles. The van der Waals surface area contributed by atoms with E-state index in [1.807, 2.05) is 36.4 Å². The fraction of sp³-hybridized carbons (Fsp3) is 0.0476. The Bertz CT molecular complexity index is 978. The summed E-state index contributed by atoms with van der Waals surface area (Å²) in [5, 5.41) is 6.55. The first-order chi connectivity index (χ1) is 13.5. The van der Waals surface area contributed by atoms with E-state index in [0.29, 0.717) is 16.3 Å². The Balaban J connectivity index is 1.63. The van der Waals surface area contributed by atoms with Crippen molar-refractivity contribution in [3.63, 3.8) is 0 Å². The molecule has 0 aliphatic heterocycles. The van der Waals surface area contributed by atoms with Crippen molar-refractivity contribution in [2.45, 2.75) is 6.61 Å². The summed E-state index contributed by atoms with van der Waals surface area (Å²) in [4.78, 5) is 12.7. The lowest BCUT2D eigenvalue weighted by atomic mass is 10.1. The number of amides is 1. The zero-order valence-corrected chi connectivity index (χ0v) is 17.8. The Morgan fingerprint density at radius 1 is 1.00 bits per heavy atom. The van der Waals surface area contributed by atoms with E-state index in [1.165, 1.54) is 0 Å². The van der Waals surface area contributed by atoms with Gasteiger partial charge in [-0.15, -0.1) is 0 Å². The predicted octanol–water partition coefficient (Wildman–Crippen LogP) is 5.81. The third kappa shape index (κ3) is 5.79. The molecule has 3 rings (SSSR count). The molecule has 0 radical (unpaired) electrons. The van der Waals surface area contributed by atoms with Crippen LogP contribution in [0.4, 0.5) is 5.69 Å². The van der Waals surface area contributed by atoms with E-state index in [1.54, 1.807) is 36.4 Å². The minimum atomic E-state index is -0.301. The van der Waals surface area contributed by atoms with Crippen LogP contribution >= 0.6 is 39.7 Å². The van der Waals surface area contributed by atoms with Gasteiger partial charge in [-0.3, -0.25) is 10.1 Å². The highest BCUT2D eigenvalue weighted by Gasteiger charge is 2.13. The summed E-state index contributed by atoms with van der Waals surface area (Å²) >= 11 is 14.5. The van der Waals surface area contributed by atoms with Gasteiger partial charge < -0.3 is 10.1 Å². The highest BCUT2D eigenvalue weighted by molar-refractivity contribution is 9.10. The molecule has 2 N–H and O–H groups in total. The molecule has 7 heteroatoms. The van der Waals surface area contributed by atoms with Gasteiger partial charge in [0.05, 0.1) is 0 Å². The van der Waals surface area contributed by atoms with E-state index in [-0.39, 0.29) is 17.6 Å². The Morgan fingerprint density at radius 2 is 1.68 bits per heavy atom. The quantitative estimate of drug-likeness (QED) is 0.457. The zero-order chi connectivity index (χ0) is 19.9. The zero-order valence-electron chi connectivity index (χ0n) is 14.6. The maximum absolute atomic E-state index is 12.7. The van der Waals surface area contributed by atoms with Gasteiger partial charge in [-0.2, -0.15) is 0 Å². The van der Waals surface area contributed by atoms with Crippen LogP contribution in [0.2, 0.25) is 5.02 Å². The van der Waals surface area contributed by atoms with Gasteiger partial charge >= 0.3 is 0 Å². The number of carbonyl (C=O) groups is 1. The maximum Gasteiger partial charge on any atom is 0.257 e. The van der Waals surface area contributed by atoms with Crippen molar-refractivity contribution >= 4 is 56.5 Å². The minimum absolute atomic E-state index is 0.223. The largest absolute Gasteiger partial charge is 0.489 e. The number of carbonyl (C=O) groups excluding carboxylic acids is 1. The lowest BCUT2D eigenvalue weighted by Crippen LogP contribution is -2.34. The number of rotatable bonds is 5. The molecule has 0 atom stereocenters. The summed E-state index contributed by atoms with van der Waals surface area (Å²) in [6.07, 6.45) is 0. The van der Waals surface area contributed by atoms with Crippen LogP contribution in [0, 0.1) is 0 Å². The number of thiocarbonyl (C=S) groups is 1. The molecule has 0 spiro atoms. The van der Waals surface area contributed by atoms with Gasteiger partial charge in [-0.25, -0.2) is 0 Å². The van der Waals surface area contributed by atoms with Crippen LogP contribution in [0.5, 0.6) is 5.75 Å². The molecular formula is C21H16BrClN2O2S. The summed E-state index contributed by atoms with van der Waals surface area (Å²) in [7, 11) is 0. The number of hydrogen-bond acceptors (Lipinski definition) is 3. The lowest BCUT2D eigenvalue weighted by molar-refractivity contribution is 0.0975. The van der Waals surface area contributed by atoms with Crippen molar-refractivity contribution in [2.75, 3.05) is 5.32 Å². The van der Waals surface area contributed by atoms with Crippen molar-refractivity contribution in [3.8, 4) is 5.75 Å². The SMILES string of the molecule is O=C(NC(=S)Nc1ccc(Br)cc1)c1ccccc1COc1ccc(Cl)cc1. The van der Waals surface area contributed by atoms with Gasteiger partial charge in [0.25, 0.3) is 5.91 Å². The number of ether oxygens (including phenoxy) is 1. The first-order valence-electron chi connectivity index (χ1n) is 8.35. The van der Waals surface area contributed by atoms with Gasteiger partial charge in [0.15, 0.2) is 5.11 Å². The Kier molecular flexibility index (Phi) is 7.03. The van der Waals surface area contributed by atoms with E-state index >= 15 is 0 Å². The average Bonchev–Trinajstić information content (AvgIpc) is 2.69. The molecule has 0 saturated heterocycles. The normalized spacial score (nSPS) is 10.2. The van der Waals surface area contributed by atoms with Crippen molar-refractivity contribution in [1.82, 2.24) is 5.32 Å². The van der Waals surface area contributed by atoms with Crippen LogP contribution in [0.3, 0.4) is 0 Å². The third-order valence-corrected chi connectivity index (χ3v) is 4.78. The van der Waals surface area contributed by atoms with Gasteiger partial charge in [0.1, 0.15) is 12.4 Å². The van der Waals surface area contributed by atoms with Crippen molar-refractivity contribution in [3.05, 3.63) is 93.4 Å². The Hall–Kier alpha value is -2.41. The summed E-state index contributed by atoms with van der Waals surface area (Å²) in [5.41, 5.74) is 2.03. The van der Waals surface area contributed by atoms with E-state index in [2.05, 4.69) is 26.6 Å². The first-order valence-corrected chi connectivity index (χ1v) is 9.93. The molecule has 0 bridgehead atoms. The highest BCUT2D eigenvalue weighted by Crippen LogP contribution is 2.18. The third-order valence-electron chi connectivity index (χ3n) is 3.80. The summed E-state index contributed by atoms with van der Waals surface area (Å²) in [6.45, 7) is 0.248. The smallest absolute Gasteiger partial charge is 0.257 e. The van der Waals surface area contributed by atoms with Gasteiger partial charge in [0.2, 0.25) is 0 Å².